The number of aliphatic carboxylic acids is 1. The van der Waals surface area contributed by atoms with E-state index in [-0.39, 0.29) is 18.7 Å². The number of aliphatic hydroxyl groups is 2. The number of rotatable bonds is 8. The van der Waals surface area contributed by atoms with E-state index in [0.29, 0.717) is 22.7 Å². The van der Waals surface area contributed by atoms with Gasteiger partial charge in [0.05, 0.1) is 37.6 Å². The smallest absolute Gasteiger partial charge is 0.490 e. The number of carbonyl (C=O) groups is 4. The Balaban J connectivity index is 0.000000876. The van der Waals surface area contributed by atoms with Gasteiger partial charge in [0.1, 0.15) is 11.8 Å². The van der Waals surface area contributed by atoms with Crippen molar-refractivity contribution in [2.45, 2.75) is 43.7 Å². The average Bonchev–Trinajstić information content (AvgIpc) is 3.24. The number of amides is 3. The minimum Gasteiger partial charge on any atom is -0.496 e. The predicted molar refractivity (Wildman–Crippen MR) is 190 cm³/mol. The number of ether oxygens (including phenoxy) is 1. The molecule has 294 valence electrons. The number of alkyl halides is 6. The third-order valence-electron chi connectivity index (χ3n) is 8.54. The number of nitrogens with zero attached hydrogens (tertiary/aromatic N) is 2. The molecule has 4 aromatic rings. The summed E-state index contributed by atoms with van der Waals surface area (Å²) in [4.78, 5) is 53.2. The molecule has 1 aliphatic heterocycles. The van der Waals surface area contributed by atoms with E-state index in [2.05, 4.69) is 26.6 Å². The van der Waals surface area contributed by atoms with Crippen LogP contribution in [-0.2, 0) is 26.7 Å². The zero-order chi connectivity index (χ0) is 41.0. The molecule has 1 aliphatic rings. The molecule has 0 bridgehead atoms. The highest BCUT2D eigenvalue weighted by Gasteiger charge is 2.54. The summed E-state index contributed by atoms with van der Waals surface area (Å²) in [5.74, 6) is -8.09. The third-order valence-corrected chi connectivity index (χ3v) is 9.03. The molecule has 0 radical (unpaired) electrons. The average molecular weight is 844 g/mol. The van der Waals surface area contributed by atoms with Crippen molar-refractivity contribution in [3.63, 3.8) is 0 Å². The van der Waals surface area contributed by atoms with Gasteiger partial charge in [0.2, 0.25) is 5.91 Å². The highest BCUT2D eigenvalue weighted by atomic mass is 79.9. The quantitative estimate of drug-likeness (QED) is 0.118. The van der Waals surface area contributed by atoms with Crippen LogP contribution in [0.15, 0.2) is 83.3 Å². The lowest BCUT2D eigenvalue weighted by molar-refractivity contribution is -0.358. The molecule has 5 N–H and O–H groups in total. The zero-order valence-electron chi connectivity index (χ0n) is 29.0. The maximum absolute atomic E-state index is 14.4. The fourth-order valence-corrected chi connectivity index (χ4v) is 5.88. The Hall–Kier alpha value is -5.24. The molecular weight excluding hydrogens is 810 g/mol. The van der Waals surface area contributed by atoms with Crippen molar-refractivity contribution in [2.75, 3.05) is 30.5 Å². The Morgan fingerprint density at radius 2 is 1.55 bits per heavy atom. The van der Waals surface area contributed by atoms with Crippen LogP contribution in [0.1, 0.15) is 28.4 Å². The molecule has 12 nitrogen and oxygen atoms in total. The van der Waals surface area contributed by atoms with E-state index in [1.165, 1.54) is 16.9 Å². The number of carboxylic acids is 1. The number of hydrogen-bond donors (Lipinski definition) is 5. The van der Waals surface area contributed by atoms with Gasteiger partial charge in [-0.05, 0) is 67.2 Å². The van der Waals surface area contributed by atoms with Crippen LogP contribution in [0.5, 0.6) is 5.75 Å². The number of fused-ring (bicyclic) bond motifs is 2. The van der Waals surface area contributed by atoms with Crippen LogP contribution in [0.25, 0.3) is 10.8 Å². The molecule has 0 saturated carbocycles. The number of anilines is 2. The number of hydrogen-bond acceptors (Lipinski definition) is 8. The second-order valence-corrected chi connectivity index (χ2v) is 13.0. The Morgan fingerprint density at radius 3 is 2.09 bits per heavy atom. The fourth-order valence-electron chi connectivity index (χ4n) is 5.50. The highest BCUT2D eigenvalue weighted by molar-refractivity contribution is 9.10. The van der Waals surface area contributed by atoms with E-state index in [9.17, 15) is 50.9 Å². The van der Waals surface area contributed by atoms with Crippen LogP contribution in [0.2, 0.25) is 0 Å². The normalized spacial score (nSPS) is 15.3. The molecule has 2 atom stereocenters. The second kappa shape index (κ2) is 16.6. The first kappa shape index (κ1) is 42.5. The minimum absolute atomic E-state index is 0.00477. The number of nitrogens with one attached hydrogen (secondary N) is 2. The largest absolute Gasteiger partial charge is 0.496 e. The van der Waals surface area contributed by atoms with Crippen molar-refractivity contribution >= 4 is 61.8 Å². The number of para-hydroxylation sites is 2. The van der Waals surface area contributed by atoms with Gasteiger partial charge in [-0.15, -0.1) is 0 Å². The molecule has 0 unspecified atom stereocenters. The highest BCUT2D eigenvalue weighted by Crippen LogP contribution is 2.39. The molecule has 0 spiro atoms. The lowest BCUT2D eigenvalue weighted by atomic mass is 10.0. The number of methoxy groups -OCH3 is 1. The number of likely N-dealkylation sites (N-methyl/N-ethyl adjacent to an activating group) is 1. The van der Waals surface area contributed by atoms with Crippen molar-refractivity contribution in [1.29, 1.82) is 0 Å². The maximum atomic E-state index is 14.4. The topological polar surface area (TPSA) is 169 Å². The SMILES string of the molecule is CN[C@@H](C)C(=O)N[C@H]1CN(C(=O)c2ccc(C(O)(O)C(F)(F)F)cc2)c2ccccc2N(Cc2c(OC)ccc3cc(Br)ccc23)C1=O.O=C(O)C(F)(F)F. The van der Waals surface area contributed by atoms with Crippen LogP contribution in [0.4, 0.5) is 37.7 Å². The van der Waals surface area contributed by atoms with Gasteiger partial charge in [-0.25, -0.2) is 4.79 Å². The third kappa shape index (κ3) is 9.35. The number of carbonyl (C=O) groups excluding carboxylic acids is 3. The van der Waals surface area contributed by atoms with E-state index in [0.717, 1.165) is 39.5 Å². The van der Waals surface area contributed by atoms with Crippen LogP contribution >= 0.6 is 15.9 Å². The Labute approximate surface area is 317 Å². The Morgan fingerprint density at radius 1 is 0.945 bits per heavy atom. The van der Waals surface area contributed by atoms with Crippen molar-refractivity contribution in [3.8, 4) is 5.75 Å². The van der Waals surface area contributed by atoms with Gasteiger partial charge in [0, 0.05) is 21.2 Å². The number of benzene rings is 4. The van der Waals surface area contributed by atoms with Gasteiger partial charge in [0.25, 0.3) is 17.6 Å². The van der Waals surface area contributed by atoms with Gasteiger partial charge >= 0.3 is 18.3 Å². The molecule has 1 heterocycles. The molecular formula is C36H33BrF6N4O8. The van der Waals surface area contributed by atoms with Gasteiger partial charge in [-0.2, -0.15) is 26.3 Å². The summed E-state index contributed by atoms with van der Waals surface area (Å²) in [7, 11) is 3.10. The van der Waals surface area contributed by atoms with Crippen molar-refractivity contribution < 1.29 is 65.6 Å². The van der Waals surface area contributed by atoms with E-state index < -0.39 is 59.5 Å². The first-order valence-corrected chi connectivity index (χ1v) is 16.8. The first-order valence-electron chi connectivity index (χ1n) is 16.0. The summed E-state index contributed by atoms with van der Waals surface area (Å²) >= 11 is 3.49. The summed E-state index contributed by atoms with van der Waals surface area (Å²) in [6.07, 6.45) is -10.5. The summed E-state index contributed by atoms with van der Waals surface area (Å²) in [5, 5.41) is 33.8. The van der Waals surface area contributed by atoms with Crippen LogP contribution in [0, 0.1) is 0 Å². The summed E-state index contributed by atoms with van der Waals surface area (Å²) in [6, 6.07) is 17.7. The van der Waals surface area contributed by atoms with Crippen LogP contribution < -0.4 is 25.2 Å². The van der Waals surface area contributed by atoms with Crippen LogP contribution in [0.3, 0.4) is 0 Å². The van der Waals surface area contributed by atoms with Crippen LogP contribution in [-0.4, -0.2) is 84.1 Å². The Bertz CT molecular complexity index is 2080. The summed E-state index contributed by atoms with van der Waals surface area (Å²) < 4.78 is 78.0. The van der Waals surface area contributed by atoms with Gasteiger partial charge in [0.15, 0.2) is 0 Å². The molecule has 19 heteroatoms. The standard InChI is InChI=1S/C34H32BrF3N4O6.C2HF3O2/c1-19(39-2)30(43)40-26-18-42(31(44)20-8-11-22(12-9-20)33(46,47)34(36,37)38)28-7-5-4-6-27(28)41(32(26)45)17-25-24-14-13-23(35)16-21(24)10-15-29(25)48-3;3-2(4,5)1(6)7/h4-16,19,26,39,46-47H,17-18H2,1-3H3,(H,40,43);(H,6,7)/t19-,26-;/m0./s1. The van der Waals surface area contributed by atoms with E-state index in [4.69, 9.17) is 14.6 Å². The lowest BCUT2D eigenvalue weighted by Crippen LogP contribution is -2.55. The van der Waals surface area contributed by atoms with Gasteiger partial charge in [-0.1, -0.05) is 52.3 Å². The molecule has 0 saturated heterocycles. The molecule has 0 aromatic heterocycles. The first-order chi connectivity index (χ1) is 25.6. The zero-order valence-corrected chi connectivity index (χ0v) is 30.6. The number of carboxylic acid groups (broad SMARTS) is 1. The lowest BCUT2D eigenvalue weighted by Gasteiger charge is -2.27. The fraction of sp³-hybridized carbons (Fsp3) is 0.278. The summed E-state index contributed by atoms with van der Waals surface area (Å²) in [5.41, 5.74) is 0.336. The van der Waals surface area contributed by atoms with Crippen molar-refractivity contribution in [1.82, 2.24) is 10.6 Å². The van der Waals surface area contributed by atoms with Crippen molar-refractivity contribution in [3.05, 3.63) is 100 Å². The van der Waals surface area contributed by atoms with E-state index in [1.807, 2.05) is 24.3 Å². The summed E-state index contributed by atoms with van der Waals surface area (Å²) in [6.45, 7) is 1.28. The minimum atomic E-state index is -5.38. The van der Waals surface area contributed by atoms with E-state index >= 15 is 0 Å². The van der Waals surface area contributed by atoms with E-state index in [1.54, 1.807) is 44.3 Å². The molecule has 0 fully saturated rings. The molecule has 4 aromatic carbocycles. The Kier molecular flexibility index (Phi) is 12.9. The monoisotopic (exact) mass is 842 g/mol. The van der Waals surface area contributed by atoms with Gasteiger partial charge in [-0.3, -0.25) is 14.4 Å². The second-order valence-electron chi connectivity index (χ2n) is 12.1. The molecule has 55 heavy (non-hydrogen) atoms. The molecule has 3 amide bonds. The number of halogens is 7. The predicted octanol–water partition coefficient (Wildman–Crippen LogP) is 5.23. The van der Waals surface area contributed by atoms with Crippen molar-refractivity contribution in [2.24, 2.45) is 0 Å². The van der Waals surface area contributed by atoms with Gasteiger partial charge < -0.3 is 40.5 Å². The maximum Gasteiger partial charge on any atom is 0.490 e. The molecule has 0 aliphatic carbocycles. The molecule has 5 rings (SSSR count).